The van der Waals surface area contributed by atoms with Gasteiger partial charge in [-0.15, -0.1) is 0 Å². The van der Waals surface area contributed by atoms with Crippen molar-refractivity contribution < 1.29 is 13.6 Å². The molecule has 3 aromatic heterocycles. The number of thiocarbonyl (C=S) groups is 1. The zero-order chi connectivity index (χ0) is 24.4. The Balaban J connectivity index is 1.17. The van der Waals surface area contributed by atoms with Crippen LogP contribution >= 0.6 is 35.4 Å². The summed E-state index contributed by atoms with van der Waals surface area (Å²) in [5, 5.41) is 6.73. The maximum atomic E-state index is 12.5. The van der Waals surface area contributed by atoms with Crippen LogP contribution in [0.25, 0.3) is 34.0 Å². The summed E-state index contributed by atoms with van der Waals surface area (Å²) in [6.07, 6.45) is 1.67. The molecule has 10 heteroatoms. The van der Waals surface area contributed by atoms with E-state index in [-0.39, 0.29) is 10.9 Å². The summed E-state index contributed by atoms with van der Waals surface area (Å²) >= 11 is 17.4. The number of hydrogen-bond donors (Lipinski definition) is 2. The second-order valence-corrected chi connectivity index (χ2v) is 8.72. The number of furan rings is 1. The monoisotopic (exact) mass is 522 g/mol. The van der Waals surface area contributed by atoms with Crippen LogP contribution in [0.1, 0.15) is 16.1 Å². The van der Waals surface area contributed by atoms with Crippen molar-refractivity contribution in [1.82, 2.24) is 20.6 Å². The normalized spacial score (nSPS) is 10.9. The Morgan fingerprint density at radius 2 is 1.83 bits per heavy atom. The first-order chi connectivity index (χ1) is 17.0. The SMILES string of the molecule is O=C(NC(=S)NCc1ccc(-c2nc3ncccc3o2)cc1)c1ccc(-c2ccc(Cl)cc2Cl)o1. The lowest BCUT2D eigenvalue weighted by Gasteiger charge is -2.09. The number of pyridine rings is 1. The molecule has 3 heterocycles. The smallest absolute Gasteiger partial charge is 0.293 e. The first-order valence-corrected chi connectivity index (χ1v) is 11.6. The minimum Gasteiger partial charge on any atom is -0.451 e. The van der Waals surface area contributed by atoms with E-state index in [9.17, 15) is 4.79 Å². The molecule has 0 aliphatic carbocycles. The van der Waals surface area contributed by atoms with Crippen LogP contribution in [0.2, 0.25) is 10.0 Å². The molecule has 0 saturated carbocycles. The highest BCUT2D eigenvalue weighted by Gasteiger charge is 2.15. The van der Waals surface area contributed by atoms with Gasteiger partial charge in [-0.05, 0) is 72.4 Å². The summed E-state index contributed by atoms with van der Waals surface area (Å²) in [7, 11) is 0. The summed E-state index contributed by atoms with van der Waals surface area (Å²) < 4.78 is 11.4. The Hall–Kier alpha value is -3.72. The maximum Gasteiger partial charge on any atom is 0.293 e. The Labute approximate surface area is 215 Å². The van der Waals surface area contributed by atoms with Crippen molar-refractivity contribution >= 4 is 57.7 Å². The largest absolute Gasteiger partial charge is 0.451 e. The zero-order valence-corrected chi connectivity index (χ0v) is 20.2. The number of rotatable bonds is 5. The minimum atomic E-state index is -0.473. The van der Waals surface area contributed by atoms with Gasteiger partial charge in [-0.3, -0.25) is 10.1 Å². The van der Waals surface area contributed by atoms with Crippen LogP contribution in [0.4, 0.5) is 0 Å². The van der Waals surface area contributed by atoms with E-state index in [1.165, 1.54) is 0 Å². The van der Waals surface area contributed by atoms with E-state index in [2.05, 4.69) is 20.6 Å². The summed E-state index contributed by atoms with van der Waals surface area (Å²) in [4.78, 5) is 21.1. The third-order valence-electron chi connectivity index (χ3n) is 5.07. The second kappa shape index (κ2) is 9.87. The van der Waals surface area contributed by atoms with Gasteiger partial charge in [0.05, 0.1) is 5.02 Å². The number of carbonyl (C=O) groups excluding carboxylic acids is 1. The molecule has 35 heavy (non-hydrogen) atoms. The Morgan fingerprint density at radius 3 is 2.60 bits per heavy atom. The highest BCUT2D eigenvalue weighted by Crippen LogP contribution is 2.31. The summed E-state index contributed by atoms with van der Waals surface area (Å²) in [6, 6.07) is 19.5. The first-order valence-electron chi connectivity index (χ1n) is 10.4. The molecule has 0 spiro atoms. The van der Waals surface area contributed by atoms with Crippen LogP contribution in [0.3, 0.4) is 0 Å². The van der Waals surface area contributed by atoms with Crippen LogP contribution in [-0.2, 0) is 6.54 Å². The molecular weight excluding hydrogens is 507 g/mol. The molecule has 2 N–H and O–H groups in total. The fourth-order valence-corrected chi connectivity index (χ4v) is 4.01. The van der Waals surface area contributed by atoms with Gasteiger partial charge in [-0.25, -0.2) is 4.98 Å². The molecular formula is C25H16Cl2N4O3S. The van der Waals surface area contributed by atoms with Gasteiger partial charge in [0.25, 0.3) is 5.91 Å². The Bertz CT molecular complexity index is 1510. The van der Waals surface area contributed by atoms with E-state index < -0.39 is 5.91 Å². The highest BCUT2D eigenvalue weighted by molar-refractivity contribution is 7.80. The van der Waals surface area contributed by atoms with Crippen molar-refractivity contribution in [3.8, 4) is 22.8 Å². The zero-order valence-electron chi connectivity index (χ0n) is 17.9. The van der Waals surface area contributed by atoms with E-state index in [0.717, 1.165) is 11.1 Å². The summed E-state index contributed by atoms with van der Waals surface area (Å²) in [5.74, 6) is 0.579. The number of nitrogens with one attached hydrogen (secondary N) is 2. The van der Waals surface area contributed by atoms with Gasteiger partial charge in [0.15, 0.2) is 22.1 Å². The van der Waals surface area contributed by atoms with Crippen LogP contribution < -0.4 is 10.6 Å². The molecule has 0 bridgehead atoms. The molecule has 5 aromatic rings. The minimum absolute atomic E-state index is 0.104. The predicted octanol–water partition coefficient (Wildman–Crippen LogP) is 6.26. The number of nitrogens with zero attached hydrogens (tertiary/aromatic N) is 2. The molecule has 7 nitrogen and oxygen atoms in total. The summed E-state index contributed by atoms with van der Waals surface area (Å²) in [5.41, 5.74) is 3.62. The van der Waals surface area contributed by atoms with Crippen molar-refractivity contribution in [2.24, 2.45) is 0 Å². The van der Waals surface area contributed by atoms with Crippen molar-refractivity contribution in [2.45, 2.75) is 6.54 Å². The molecule has 1 amide bonds. The average Bonchev–Trinajstić information content (AvgIpc) is 3.51. The highest BCUT2D eigenvalue weighted by atomic mass is 35.5. The number of benzene rings is 2. The van der Waals surface area contributed by atoms with E-state index >= 15 is 0 Å². The van der Waals surface area contributed by atoms with Gasteiger partial charge in [-0.1, -0.05) is 35.3 Å². The number of hydrogen-bond acceptors (Lipinski definition) is 6. The topological polar surface area (TPSA) is 93.2 Å². The van der Waals surface area contributed by atoms with Crippen LogP contribution in [-0.4, -0.2) is 21.0 Å². The van der Waals surface area contributed by atoms with Gasteiger partial charge in [0.2, 0.25) is 5.89 Å². The molecule has 0 aliphatic rings. The lowest BCUT2D eigenvalue weighted by atomic mass is 10.1. The molecule has 0 radical (unpaired) electrons. The third-order valence-corrected chi connectivity index (χ3v) is 5.87. The average molecular weight is 523 g/mol. The molecule has 0 aliphatic heterocycles. The molecule has 2 aromatic carbocycles. The van der Waals surface area contributed by atoms with Crippen molar-refractivity contribution in [1.29, 1.82) is 0 Å². The van der Waals surface area contributed by atoms with Crippen molar-refractivity contribution in [2.75, 3.05) is 0 Å². The third kappa shape index (κ3) is 5.19. The molecule has 174 valence electrons. The van der Waals surface area contributed by atoms with E-state index in [1.807, 2.05) is 30.3 Å². The number of fused-ring (bicyclic) bond motifs is 1. The molecule has 0 saturated heterocycles. The molecule has 5 rings (SSSR count). The van der Waals surface area contributed by atoms with E-state index in [0.29, 0.717) is 45.0 Å². The van der Waals surface area contributed by atoms with Crippen LogP contribution in [0.15, 0.2) is 81.8 Å². The van der Waals surface area contributed by atoms with Gasteiger partial charge >= 0.3 is 0 Å². The molecule has 0 fully saturated rings. The lowest BCUT2D eigenvalue weighted by Crippen LogP contribution is -2.38. The number of oxazole rings is 1. The fraction of sp³-hybridized carbons (Fsp3) is 0.0400. The quantitative estimate of drug-likeness (QED) is 0.263. The lowest BCUT2D eigenvalue weighted by molar-refractivity contribution is 0.0950. The van der Waals surface area contributed by atoms with Gasteiger partial charge < -0.3 is 14.2 Å². The van der Waals surface area contributed by atoms with Gasteiger partial charge in [0.1, 0.15) is 5.76 Å². The number of aromatic nitrogens is 2. The van der Waals surface area contributed by atoms with Crippen molar-refractivity contribution in [3.05, 3.63) is 94.3 Å². The standard InChI is InChI=1S/C25H16Cl2N4O3S/c26-16-7-8-17(18(27)12-16)19-9-10-21(33-19)23(32)31-25(35)29-13-14-3-5-15(6-4-14)24-30-22-20(34-24)2-1-11-28-22/h1-12H,13H2,(H2,29,31,32,35). The van der Waals surface area contributed by atoms with E-state index in [1.54, 1.807) is 42.6 Å². The van der Waals surface area contributed by atoms with Gasteiger partial charge in [-0.2, -0.15) is 4.98 Å². The number of halogens is 2. The Morgan fingerprint density at radius 1 is 1.00 bits per heavy atom. The molecule has 0 atom stereocenters. The summed E-state index contributed by atoms with van der Waals surface area (Å²) in [6.45, 7) is 0.415. The number of amides is 1. The maximum absolute atomic E-state index is 12.5. The fourth-order valence-electron chi connectivity index (χ4n) is 3.34. The first kappa shape index (κ1) is 23.0. The van der Waals surface area contributed by atoms with Crippen molar-refractivity contribution in [3.63, 3.8) is 0 Å². The van der Waals surface area contributed by atoms with Crippen LogP contribution in [0, 0.1) is 0 Å². The van der Waals surface area contributed by atoms with E-state index in [4.69, 9.17) is 44.3 Å². The van der Waals surface area contributed by atoms with Crippen LogP contribution in [0.5, 0.6) is 0 Å². The predicted molar refractivity (Wildman–Crippen MR) is 138 cm³/mol. The Kier molecular flexibility index (Phi) is 6.50. The second-order valence-electron chi connectivity index (χ2n) is 7.47. The number of carbonyl (C=O) groups is 1. The molecule has 0 unspecified atom stereocenters. The van der Waals surface area contributed by atoms with Gasteiger partial charge in [0, 0.05) is 28.9 Å².